The minimum absolute atomic E-state index is 0.0930. The normalized spacial score (nSPS) is 12.4. The number of carbonyl (C=O) groups is 2. The first-order chi connectivity index (χ1) is 16.5. The van der Waals surface area contributed by atoms with Crippen LogP contribution in [0.1, 0.15) is 26.3 Å². The second kappa shape index (κ2) is 8.86. The van der Waals surface area contributed by atoms with Crippen LogP contribution in [0, 0.1) is 0 Å². The first-order valence-electron chi connectivity index (χ1n) is 11.0. The van der Waals surface area contributed by atoms with Crippen molar-refractivity contribution in [3.05, 3.63) is 95.7 Å². The molecule has 170 valence electrons. The first kappa shape index (κ1) is 21.5. The zero-order valence-electron chi connectivity index (χ0n) is 19.0. The molecule has 0 unspecified atom stereocenters. The van der Waals surface area contributed by atoms with E-state index in [-0.39, 0.29) is 11.8 Å². The Hall–Kier alpha value is -4.39. The summed E-state index contributed by atoms with van der Waals surface area (Å²) in [4.78, 5) is 28.0. The first-order valence-corrected chi connectivity index (χ1v) is 11.0. The van der Waals surface area contributed by atoms with Gasteiger partial charge in [-0.15, -0.1) is 0 Å². The van der Waals surface area contributed by atoms with Gasteiger partial charge in [0.2, 0.25) is 0 Å². The smallest absolute Gasteiger partial charge is 0.259 e. The Bertz CT molecular complexity index is 1370. The van der Waals surface area contributed by atoms with E-state index in [0.717, 1.165) is 28.9 Å². The fourth-order valence-corrected chi connectivity index (χ4v) is 4.30. The van der Waals surface area contributed by atoms with Crippen molar-refractivity contribution in [1.29, 1.82) is 0 Å². The van der Waals surface area contributed by atoms with Crippen molar-refractivity contribution in [3.8, 4) is 17.0 Å². The molecular formula is C27H24N4O3. The summed E-state index contributed by atoms with van der Waals surface area (Å²) in [5, 5.41) is 7.49. The topological polar surface area (TPSA) is 76.5 Å². The highest BCUT2D eigenvalue weighted by atomic mass is 16.5. The molecule has 0 spiro atoms. The number of hydrogen-bond acceptors (Lipinski definition) is 4. The van der Waals surface area contributed by atoms with E-state index in [0.29, 0.717) is 29.1 Å². The fourth-order valence-electron chi connectivity index (χ4n) is 4.30. The zero-order valence-corrected chi connectivity index (χ0v) is 19.0. The largest absolute Gasteiger partial charge is 0.496 e. The number of nitrogens with one attached hydrogen (secondary N) is 1. The number of nitrogens with zero attached hydrogens (tertiary/aromatic N) is 3. The van der Waals surface area contributed by atoms with Gasteiger partial charge in [0.05, 0.1) is 24.1 Å². The molecule has 0 saturated carbocycles. The summed E-state index contributed by atoms with van der Waals surface area (Å²) >= 11 is 0. The highest BCUT2D eigenvalue weighted by Crippen LogP contribution is 2.36. The van der Waals surface area contributed by atoms with Crippen molar-refractivity contribution < 1.29 is 14.3 Å². The lowest BCUT2D eigenvalue weighted by Crippen LogP contribution is -2.32. The Morgan fingerprint density at radius 3 is 2.50 bits per heavy atom. The van der Waals surface area contributed by atoms with Crippen LogP contribution in [0.2, 0.25) is 0 Å². The molecule has 0 aliphatic carbocycles. The summed E-state index contributed by atoms with van der Waals surface area (Å²) in [5.41, 5.74) is 5.43. The van der Waals surface area contributed by atoms with Gasteiger partial charge in [-0.05, 0) is 54.4 Å². The molecule has 1 aliphatic heterocycles. The number of benzene rings is 3. The third-order valence-corrected chi connectivity index (χ3v) is 5.95. The van der Waals surface area contributed by atoms with Crippen LogP contribution in [0.4, 0.5) is 11.4 Å². The molecule has 7 nitrogen and oxygen atoms in total. The van der Waals surface area contributed by atoms with Gasteiger partial charge in [0.15, 0.2) is 0 Å². The summed E-state index contributed by atoms with van der Waals surface area (Å²) in [7, 11) is 3.44. The van der Waals surface area contributed by atoms with E-state index in [1.54, 1.807) is 47.4 Å². The molecule has 0 fully saturated rings. The lowest BCUT2D eigenvalue weighted by Gasteiger charge is -2.23. The van der Waals surface area contributed by atoms with Gasteiger partial charge in [-0.25, -0.2) is 0 Å². The second-order valence-electron chi connectivity index (χ2n) is 8.13. The number of ether oxygens (including phenoxy) is 1. The van der Waals surface area contributed by atoms with Crippen LogP contribution in [0.5, 0.6) is 5.75 Å². The number of aryl methyl sites for hydroxylation is 1. The third kappa shape index (κ3) is 3.92. The summed E-state index contributed by atoms with van der Waals surface area (Å²) in [6, 6.07) is 21.8. The number of rotatable bonds is 4. The van der Waals surface area contributed by atoms with Gasteiger partial charge in [-0.2, -0.15) is 5.10 Å². The van der Waals surface area contributed by atoms with Crippen LogP contribution in [-0.2, 0) is 13.5 Å². The number of para-hydroxylation sites is 2. The van der Waals surface area contributed by atoms with Gasteiger partial charge in [-0.3, -0.25) is 14.3 Å². The van der Waals surface area contributed by atoms with Crippen molar-refractivity contribution in [2.45, 2.75) is 6.42 Å². The number of amides is 2. The molecule has 0 saturated heterocycles. The van der Waals surface area contributed by atoms with E-state index < -0.39 is 0 Å². The predicted molar refractivity (Wildman–Crippen MR) is 131 cm³/mol. The maximum Gasteiger partial charge on any atom is 0.259 e. The Labute approximate surface area is 197 Å². The summed E-state index contributed by atoms with van der Waals surface area (Å²) < 4.78 is 7.08. The Morgan fingerprint density at radius 2 is 1.71 bits per heavy atom. The molecule has 2 amide bonds. The van der Waals surface area contributed by atoms with Gasteiger partial charge in [0.1, 0.15) is 5.75 Å². The second-order valence-corrected chi connectivity index (χ2v) is 8.13. The molecule has 1 N–H and O–H groups in total. The molecule has 7 heteroatoms. The minimum Gasteiger partial charge on any atom is -0.496 e. The quantitative estimate of drug-likeness (QED) is 0.493. The maximum absolute atomic E-state index is 13.5. The van der Waals surface area contributed by atoms with Gasteiger partial charge in [0.25, 0.3) is 11.8 Å². The molecule has 1 aromatic heterocycles. The highest BCUT2D eigenvalue weighted by Gasteiger charge is 2.26. The Morgan fingerprint density at radius 1 is 0.971 bits per heavy atom. The van der Waals surface area contributed by atoms with Crippen LogP contribution in [0.15, 0.2) is 79.0 Å². The van der Waals surface area contributed by atoms with E-state index in [4.69, 9.17) is 4.74 Å². The molecule has 0 atom stereocenters. The van der Waals surface area contributed by atoms with Gasteiger partial charge < -0.3 is 15.0 Å². The van der Waals surface area contributed by atoms with E-state index in [1.807, 2.05) is 48.3 Å². The monoisotopic (exact) mass is 452 g/mol. The molecule has 0 bridgehead atoms. The standard InChI is InChI=1S/C27H24N4O3/c1-30-17-19-15-16-31(23-9-5-3-7-21(23)25(19)29-30)27(33)18-11-13-20(14-12-18)28-26(32)22-8-4-6-10-24(22)34-2/h3-14,17H,15-16H2,1-2H3,(H,28,32). The lowest BCUT2D eigenvalue weighted by atomic mass is 10.1. The molecule has 2 heterocycles. The number of hydrogen-bond donors (Lipinski definition) is 1. The third-order valence-electron chi connectivity index (χ3n) is 5.95. The number of anilines is 2. The summed E-state index contributed by atoms with van der Waals surface area (Å²) in [6.45, 7) is 0.556. The molecule has 0 radical (unpaired) electrons. The number of carbonyl (C=O) groups excluding carboxylic acids is 2. The summed E-state index contributed by atoms with van der Waals surface area (Å²) in [5.74, 6) is 0.135. The Balaban J connectivity index is 1.38. The predicted octanol–water partition coefficient (Wildman–Crippen LogP) is 4.55. The van der Waals surface area contributed by atoms with Gasteiger partial charge >= 0.3 is 0 Å². The number of fused-ring (bicyclic) bond motifs is 3. The van der Waals surface area contributed by atoms with Crippen LogP contribution in [0.25, 0.3) is 11.3 Å². The van der Waals surface area contributed by atoms with Crippen LogP contribution < -0.4 is 15.0 Å². The molecule has 1 aliphatic rings. The van der Waals surface area contributed by atoms with E-state index >= 15 is 0 Å². The van der Waals surface area contributed by atoms with Crippen molar-refractivity contribution in [3.63, 3.8) is 0 Å². The van der Waals surface area contributed by atoms with Crippen molar-refractivity contribution in [2.24, 2.45) is 7.05 Å². The number of aromatic nitrogens is 2. The van der Waals surface area contributed by atoms with Crippen molar-refractivity contribution in [1.82, 2.24) is 9.78 Å². The van der Waals surface area contributed by atoms with E-state index in [2.05, 4.69) is 10.4 Å². The SMILES string of the molecule is COc1ccccc1C(=O)Nc1ccc(C(=O)N2CCc3cn(C)nc3-c3ccccc32)cc1. The Kier molecular flexibility index (Phi) is 5.59. The zero-order chi connectivity index (χ0) is 23.7. The van der Waals surface area contributed by atoms with Crippen LogP contribution in [-0.4, -0.2) is 35.2 Å². The van der Waals surface area contributed by atoms with Crippen LogP contribution in [0.3, 0.4) is 0 Å². The minimum atomic E-state index is -0.275. The molecular weight excluding hydrogens is 428 g/mol. The maximum atomic E-state index is 13.5. The molecule has 34 heavy (non-hydrogen) atoms. The average molecular weight is 453 g/mol. The molecule has 4 aromatic rings. The average Bonchev–Trinajstić information content (AvgIpc) is 3.17. The molecule has 3 aromatic carbocycles. The van der Waals surface area contributed by atoms with Gasteiger partial charge in [-0.1, -0.05) is 30.3 Å². The summed E-state index contributed by atoms with van der Waals surface area (Å²) in [6.07, 6.45) is 2.73. The fraction of sp³-hybridized carbons (Fsp3) is 0.148. The number of methoxy groups -OCH3 is 1. The lowest BCUT2D eigenvalue weighted by molar-refractivity contribution is 0.0986. The van der Waals surface area contributed by atoms with Crippen molar-refractivity contribution >= 4 is 23.2 Å². The van der Waals surface area contributed by atoms with E-state index in [9.17, 15) is 9.59 Å². The van der Waals surface area contributed by atoms with E-state index in [1.165, 1.54) is 7.11 Å². The van der Waals surface area contributed by atoms with Crippen molar-refractivity contribution in [2.75, 3.05) is 23.9 Å². The van der Waals surface area contributed by atoms with Gasteiger partial charge in [0, 0.05) is 36.6 Å². The molecule has 5 rings (SSSR count). The van der Waals surface area contributed by atoms with Crippen LogP contribution >= 0.6 is 0 Å². The highest BCUT2D eigenvalue weighted by molar-refractivity contribution is 6.09.